The van der Waals surface area contributed by atoms with Crippen LogP contribution in [0.15, 0.2) is 48.5 Å². The van der Waals surface area contributed by atoms with Gasteiger partial charge in [0.1, 0.15) is 5.82 Å². The van der Waals surface area contributed by atoms with Gasteiger partial charge >= 0.3 is 0 Å². The second-order valence-corrected chi connectivity index (χ2v) is 7.24. The molecule has 1 aliphatic heterocycles. The largest absolute Gasteiger partial charge is 0.366 e. The van der Waals surface area contributed by atoms with E-state index in [0.29, 0.717) is 12.0 Å². The number of hydrogen-bond acceptors (Lipinski definition) is 2. The molecule has 0 fully saturated rings. The van der Waals surface area contributed by atoms with Gasteiger partial charge in [0.2, 0.25) is 5.91 Å². The first kappa shape index (κ1) is 16.2. The Morgan fingerprint density at radius 1 is 1.00 bits per heavy atom. The van der Waals surface area contributed by atoms with E-state index in [1.54, 1.807) is 0 Å². The van der Waals surface area contributed by atoms with Gasteiger partial charge < -0.3 is 11.1 Å². The van der Waals surface area contributed by atoms with Crippen LogP contribution in [-0.4, -0.2) is 12.5 Å². The number of rotatable bonds is 2. The van der Waals surface area contributed by atoms with E-state index in [2.05, 4.69) is 17.4 Å². The van der Waals surface area contributed by atoms with E-state index in [4.69, 9.17) is 5.73 Å². The number of halogens is 1. The highest BCUT2D eigenvalue weighted by Gasteiger charge is 2.29. The molecule has 27 heavy (non-hydrogen) atoms. The van der Waals surface area contributed by atoms with Crippen molar-refractivity contribution < 1.29 is 9.18 Å². The molecule has 0 bridgehead atoms. The molecule has 0 spiro atoms. The monoisotopic (exact) mass is 358 g/mol. The molecule has 0 atom stereocenters. The van der Waals surface area contributed by atoms with Crippen molar-refractivity contribution in [2.24, 2.45) is 5.73 Å². The highest BCUT2D eigenvalue weighted by atomic mass is 19.1. The number of amides is 1. The van der Waals surface area contributed by atoms with Crippen molar-refractivity contribution in [2.75, 3.05) is 6.54 Å². The summed E-state index contributed by atoms with van der Waals surface area (Å²) in [6.45, 7) is 1.78. The predicted molar refractivity (Wildman–Crippen MR) is 104 cm³/mol. The summed E-state index contributed by atoms with van der Waals surface area (Å²) in [6.07, 6.45) is 1.54. The number of primary amides is 1. The quantitative estimate of drug-likeness (QED) is 0.572. The predicted octanol–water partition coefficient (Wildman–Crippen LogP) is 3.81. The maximum absolute atomic E-state index is 15.3. The highest BCUT2D eigenvalue weighted by Crippen LogP contribution is 2.46. The Morgan fingerprint density at radius 2 is 1.85 bits per heavy atom. The Hall–Kier alpha value is -2.98. The number of carbonyl (C=O) groups is 1. The van der Waals surface area contributed by atoms with Crippen molar-refractivity contribution in [3.63, 3.8) is 0 Å². The standard InChI is InChI=1S/C23H19FN2O/c24-20-11-19(23(25)27)18-10-14-3-1-2-4-17(14)22(18)21(20)15-5-6-16-12-26-8-7-13(16)9-15/h1-6,9,11,26H,7-8,10,12H2,(H2,25,27). The summed E-state index contributed by atoms with van der Waals surface area (Å²) in [5, 5.41) is 3.36. The van der Waals surface area contributed by atoms with E-state index in [-0.39, 0.29) is 5.56 Å². The Bertz CT molecular complexity index is 1100. The summed E-state index contributed by atoms with van der Waals surface area (Å²) in [7, 11) is 0. The van der Waals surface area contributed by atoms with Gasteiger partial charge in [-0.25, -0.2) is 4.39 Å². The minimum Gasteiger partial charge on any atom is -0.366 e. The molecule has 5 rings (SSSR count). The summed E-state index contributed by atoms with van der Waals surface area (Å²) in [5.74, 6) is -0.978. The van der Waals surface area contributed by atoms with Crippen LogP contribution in [0.3, 0.4) is 0 Å². The molecular weight excluding hydrogens is 339 g/mol. The van der Waals surface area contributed by atoms with Crippen LogP contribution >= 0.6 is 0 Å². The molecule has 3 nitrogen and oxygen atoms in total. The zero-order valence-electron chi connectivity index (χ0n) is 14.8. The van der Waals surface area contributed by atoms with Gasteiger partial charge in [-0.2, -0.15) is 0 Å². The van der Waals surface area contributed by atoms with Crippen molar-refractivity contribution in [2.45, 2.75) is 19.4 Å². The molecule has 134 valence electrons. The van der Waals surface area contributed by atoms with Crippen LogP contribution in [0, 0.1) is 5.82 Å². The maximum Gasteiger partial charge on any atom is 0.249 e. The summed E-state index contributed by atoms with van der Waals surface area (Å²) in [4.78, 5) is 12.0. The first-order valence-corrected chi connectivity index (χ1v) is 9.20. The van der Waals surface area contributed by atoms with Crippen molar-refractivity contribution in [1.82, 2.24) is 5.32 Å². The lowest BCUT2D eigenvalue weighted by Crippen LogP contribution is -2.23. The van der Waals surface area contributed by atoms with Gasteiger partial charge in [0.05, 0.1) is 0 Å². The van der Waals surface area contributed by atoms with Gasteiger partial charge in [-0.1, -0.05) is 42.5 Å². The van der Waals surface area contributed by atoms with E-state index >= 15 is 4.39 Å². The highest BCUT2D eigenvalue weighted by molar-refractivity contribution is 6.01. The van der Waals surface area contributed by atoms with E-state index in [1.165, 1.54) is 17.2 Å². The lowest BCUT2D eigenvalue weighted by atomic mass is 9.88. The molecule has 1 heterocycles. The van der Waals surface area contributed by atoms with Gasteiger partial charge in [-0.05, 0) is 64.4 Å². The number of nitrogens with one attached hydrogen (secondary N) is 1. The third-order valence-electron chi connectivity index (χ3n) is 5.69. The molecule has 3 aromatic rings. The molecule has 0 saturated carbocycles. The second kappa shape index (κ2) is 6.03. The molecule has 0 unspecified atom stereocenters. The number of fused-ring (bicyclic) bond motifs is 4. The Balaban J connectivity index is 1.80. The molecule has 0 radical (unpaired) electrons. The van der Waals surface area contributed by atoms with E-state index in [1.807, 2.05) is 30.3 Å². The zero-order valence-corrected chi connectivity index (χ0v) is 14.8. The third kappa shape index (κ3) is 2.48. The van der Waals surface area contributed by atoms with Crippen LogP contribution < -0.4 is 11.1 Å². The molecule has 0 saturated heterocycles. The number of hydrogen-bond donors (Lipinski definition) is 2. The summed E-state index contributed by atoms with van der Waals surface area (Å²) >= 11 is 0. The lowest BCUT2D eigenvalue weighted by molar-refractivity contribution is 0.0999. The summed E-state index contributed by atoms with van der Waals surface area (Å²) in [5.41, 5.74) is 13.5. The van der Waals surface area contributed by atoms with Gasteiger partial charge in [0, 0.05) is 17.7 Å². The Labute approximate surface area is 157 Å². The van der Waals surface area contributed by atoms with Crippen LogP contribution in [0.2, 0.25) is 0 Å². The zero-order chi connectivity index (χ0) is 18.5. The van der Waals surface area contributed by atoms with Crippen molar-refractivity contribution in [1.29, 1.82) is 0 Å². The second-order valence-electron chi connectivity index (χ2n) is 7.24. The third-order valence-corrected chi connectivity index (χ3v) is 5.69. The van der Waals surface area contributed by atoms with Crippen molar-refractivity contribution in [3.05, 3.63) is 82.2 Å². The molecule has 0 aromatic heterocycles. The minimum atomic E-state index is -0.582. The number of benzene rings is 3. The topological polar surface area (TPSA) is 55.1 Å². The average molecular weight is 358 g/mol. The average Bonchev–Trinajstić information content (AvgIpc) is 3.06. The van der Waals surface area contributed by atoms with E-state index < -0.39 is 11.7 Å². The van der Waals surface area contributed by atoms with Crippen LogP contribution in [0.25, 0.3) is 22.3 Å². The Kier molecular flexibility index (Phi) is 3.62. The minimum absolute atomic E-state index is 0.282. The first-order chi connectivity index (χ1) is 13.1. The van der Waals surface area contributed by atoms with E-state index in [9.17, 15) is 4.79 Å². The molecule has 4 heteroatoms. The van der Waals surface area contributed by atoms with Crippen LogP contribution in [-0.2, 0) is 19.4 Å². The first-order valence-electron chi connectivity index (χ1n) is 9.20. The number of nitrogens with two attached hydrogens (primary N) is 1. The molecule has 3 aromatic carbocycles. The van der Waals surface area contributed by atoms with Crippen molar-refractivity contribution >= 4 is 5.91 Å². The molecule has 3 N–H and O–H groups in total. The van der Waals surface area contributed by atoms with Crippen LogP contribution in [0.4, 0.5) is 4.39 Å². The van der Waals surface area contributed by atoms with Crippen molar-refractivity contribution in [3.8, 4) is 22.3 Å². The molecular formula is C23H19FN2O. The van der Waals surface area contributed by atoms with Crippen LogP contribution in [0.5, 0.6) is 0 Å². The van der Waals surface area contributed by atoms with Crippen LogP contribution in [0.1, 0.15) is 32.6 Å². The maximum atomic E-state index is 15.3. The van der Waals surface area contributed by atoms with E-state index in [0.717, 1.165) is 47.3 Å². The van der Waals surface area contributed by atoms with Gasteiger partial charge in [0.15, 0.2) is 0 Å². The van der Waals surface area contributed by atoms with Gasteiger partial charge in [-0.3, -0.25) is 4.79 Å². The fraction of sp³-hybridized carbons (Fsp3) is 0.174. The Morgan fingerprint density at radius 3 is 2.70 bits per heavy atom. The fourth-order valence-electron chi connectivity index (χ4n) is 4.42. The molecule has 1 aliphatic carbocycles. The molecule has 1 amide bonds. The fourth-order valence-corrected chi connectivity index (χ4v) is 4.42. The molecule has 2 aliphatic rings. The SMILES string of the molecule is NC(=O)c1cc(F)c(-c2ccc3c(c2)CCNC3)c2c1Cc1ccccc1-2. The summed E-state index contributed by atoms with van der Waals surface area (Å²) < 4.78 is 15.3. The van der Waals surface area contributed by atoms with Gasteiger partial charge in [0.25, 0.3) is 0 Å². The van der Waals surface area contributed by atoms with Gasteiger partial charge in [-0.15, -0.1) is 0 Å². The lowest BCUT2D eigenvalue weighted by Gasteiger charge is -2.20. The summed E-state index contributed by atoms with van der Waals surface area (Å²) in [6, 6.07) is 15.4. The number of carbonyl (C=O) groups excluding carboxylic acids is 1. The smallest absolute Gasteiger partial charge is 0.249 e. The normalized spacial score (nSPS) is 14.4.